The molecule has 0 bridgehead atoms. The van der Waals surface area contributed by atoms with Crippen molar-refractivity contribution in [2.45, 2.75) is 13.8 Å². The molecule has 0 fully saturated rings. The normalized spacial score (nSPS) is 11.0. The van der Waals surface area contributed by atoms with Crippen LogP contribution in [0, 0.1) is 24.0 Å². The number of hydrazone groups is 1. The van der Waals surface area contributed by atoms with Crippen molar-refractivity contribution in [1.29, 1.82) is 0 Å². The first-order valence-corrected chi connectivity index (χ1v) is 9.76. The van der Waals surface area contributed by atoms with Crippen LogP contribution in [0.2, 0.25) is 10.0 Å². The van der Waals surface area contributed by atoms with Gasteiger partial charge in [-0.1, -0.05) is 23.2 Å². The number of ether oxygens (including phenoxy) is 1. The second kappa shape index (κ2) is 9.63. The lowest BCUT2D eigenvalue weighted by molar-refractivity contribution is -0.384. The van der Waals surface area contributed by atoms with Crippen LogP contribution in [0.1, 0.15) is 16.9 Å². The molecule has 3 aromatic rings. The number of halogens is 2. The molecule has 1 N–H and O–H groups in total. The zero-order valence-corrected chi connectivity index (χ0v) is 18.0. The molecule has 31 heavy (non-hydrogen) atoms. The zero-order valence-electron chi connectivity index (χ0n) is 16.5. The maximum absolute atomic E-state index is 11.9. The van der Waals surface area contributed by atoms with Crippen LogP contribution in [0.15, 0.2) is 52.0 Å². The Bertz CT molecular complexity index is 1150. The second-order valence-electron chi connectivity index (χ2n) is 6.58. The van der Waals surface area contributed by atoms with E-state index in [0.29, 0.717) is 27.9 Å². The lowest BCUT2D eigenvalue weighted by Crippen LogP contribution is -2.24. The second-order valence-corrected chi connectivity index (χ2v) is 7.36. The average Bonchev–Trinajstić information content (AvgIpc) is 3.18. The van der Waals surface area contributed by atoms with Gasteiger partial charge in [0, 0.05) is 22.7 Å². The van der Waals surface area contributed by atoms with E-state index in [4.69, 9.17) is 32.4 Å². The summed E-state index contributed by atoms with van der Waals surface area (Å²) in [5.74, 6) is 0.847. The fourth-order valence-electron chi connectivity index (χ4n) is 2.72. The molecule has 0 aliphatic rings. The first-order chi connectivity index (χ1) is 14.7. The quantitative estimate of drug-likeness (QED) is 0.291. The first kappa shape index (κ1) is 22.3. The SMILES string of the molecule is Cc1cc(OCC(=O)NN=Cc2ccc(-c3ccc([N+](=O)[O-])cc3Cl)o2)cc(C)c1Cl. The number of hydrogen-bond donors (Lipinski definition) is 1. The largest absolute Gasteiger partial charge is 0.484 e. The summed E-state index contributed by atoms with van der Waals surface area (Å²) in [5.41, 5.74) is 4.44. The highest BCUT2D eigenvalue weighted by Gasteiger charge is 2.13. The highest BCUT2D eigenvalue weighted by molar-refractivity contribution is 6.33. The number of nitro benzene ring substituents is 1. The van der Waals surface area contributed by atoms with Gasteiger partial charge < -0.3 is 9.15 Å². The maximum atomic E-state index is 11.9. The number of aryl methyl sites for hydroxylation is 2. The summed E-state index contributed by atoms with van der Waals surface area (Å²) < 4.78 is 11.1. The van der Waals surface area contributed by atoms with Crippen molar-refractivity contribution in [3.63, 3.8) is 0 Å². The van der Waals surface area contributed by atoms with E-state index in [2.05, 4.69) is 10.5 Å². The molecule has 3 rings (SSSR count). The molecule has 0 aliphatic heterocycles. The van der Waals surface area contributed by atoms with Gasteiger partial charge in [-0.2, -0.15) is 5.10 Å². The predicted octanol–water partition coefficient (Wildman–Crippen LogP) is 5.31. The Morgan fingerprint density at radius 2 is 1.90 bits per heavy atom. The highest BCUT2D eigenvalue weighted by atomic mass is 35.5. The monoisotopic (exact) mass is 461 g/mol. The van der Waals surface area contributed by atoms with Gasteiger partial charge in [0.1, 0.15) is 17.3 Å². The fraction of sp³-hybridized carbons (Fsp3) is 0.143. The standard InChI is InChI=1S/C21H17Cl2N3O5/c1-12-7-16(8-13(2)21(12)23)30-11-20(27)25-24-10-15-4-6-19(31-15)17-5-3-14(26(28)29)9-18(17)22/h3-10H,11H2,1-2H3,(H,25,27). The number of carbonyl (C=O) groups excluding carboxylic acids is 1. The van der Waals surface area contributed by atoms with Crippen LogP contribution in [0.4, 0.5) is 5.69 Å². The number of furan rings is 1. The van der Waals surface area contributed by atoms with Gasteiger partial charge in [0.25, 0.3) is 11.6 Å². The van der Waals surface area contributed by atoms with E-state index in [1.165, 1.54) is 24.4 Å². The number of nitrogens with zero attached hydrogens (tertiary/aromatic N) is 2. The van der Waals surface area contributed by atoms with Crippen LogP contribution in [0.3, 0.4) is 0 Å². The molecule has 160 valence electrons. The number of non-ortho nitro benzene ring substituents is 1. The van der Waals surface area contributed by atoms with Crippen molar-refractivity contribution in [2.24, 2.45) is 5.10 Å². The van der Waals surface area contributed by atoms with Crippen molar-refractivity contribution in [3.8, 4) is 17.1 Å². The van der Waals surface area contributed by atoms with Crippen LogP contribution < -0.4 is 10.2 Å². The van der Waals surface area contributed by atoms with Gasteiger partial charge in [-0.05, 0) is 55.3 Å². The minimum atomic E-state index is -0.530. The molecule has 0 saturated heterocycles. The van der Waals surface area contributed by atoms with E-state index in [1.54, 1.807) is 24.3 Å². The Kier molecular flexibility index (Phi) is 6.94. The van der Waals surface area contributed by atoms with Gasteiger partial charge in [-0.3, -0.25) is 14.9 Å². The Morgan fingerprint density at radius 3 is 2.55 bits per heavy atom. The first-order valence-electron chi connectivity index (χ1n) is 9.00. The maximum Gasteiger partial charge on any atom is 0.277 e. The average molecular weight is 462 g/mol. The lowest BCUT2D eigenvalue weighted by atomic mass is 10.1. The molecular weight excluding hydrogens is 445 g/mol. The Hall–Kier alpha value is -3.36. The number of carbonyl (C=O) groups is 1. The van der Waals surface area contributed by atoms with Crippen LogP contribution in [-0.4, -0.2) is 23.7 Å². The molecular formula is C21H17Cl2N3O5. The molecule has 1 aromatic heterocycles. The van der Waals surface area contributed by atoms with Crippen LogP contribution in [0.5, 0.6) is 5.75 Å². The Morgan fingerprint density at radius 1 is 1.19 bits per heavy atom. The van der Waals surface area contributed by atoms with Crippen molar-refractivity contribution < 1.29 is 18.9 Å². The number of nitrogens with one attached hydrogen (secondary N) is 1. The summed E-state index contributed by atoms with van der Waals surface area (Å²) >= 11 is 12.2. The molecule has 10 heteroatoms. The number of amides is 1. The highest BCUT2D eigenvalue weighted by Crippen LogP contribution is 2.32. The third-order valence-corrected chi connectivity index (χ3v) is 5.13. The van der Waals surface area contributed by atoms with Crippen molar-refractivity contribution in [3.05, 3.63) is 79.5 Å². The summed E-state index contributed by atoms with van der Waals surface area (Å²) in [6, 6.07) is 10.8. The molecule has 2 aromatic carbocycles. The van der Waals surface area contributed by atoms with E-state index in [9.17, 15) is 14.9 Å². The predicted molar refractivity (Wildman–Crippen MR) is 118 cm³/mol. The third-order valence-electron chi connectivity index (χ3n) is 4.22. The molecule has 0 atom stereocenters. The molecule has 0 unspecified atom stereocenters. The topological polar surface area (TPSA) is 107 Å². The van der Waals surface area contributed by atoms with Gasteiger partial charge in [0.15, 0.2) is 6.61 Å². The zero-order chi connectivity index (χ0) is 22.5. The molecule has 1 amide bonds. The lowest BCUT2D eigenvalue weighted by Gasteiger charge is -2.09. The van der Waals surface area contributed by atoms with Crippen molar-refractivity contribution >= 4 is 41.0 Å². The number of benzene rings is 2. The van der Waals surface area contributed by atoms with Crippen molar-refractivity contribution in [2.75, 3.05) is 6.61 Å². The number of rotatable bonds is 7. The summed E-state index contributed by atoms with van der Waals surface area (Å²) in [6.07, 6.45) is 1.32. The van der Waals surface area contributed by atoms with E-state index in [1.807, 2.05) is 13.8 Å². The van der Waals surface area contributed by atoms with E-state index < -0.39 is 10.8 Å². The van der Waals surface area contributed by atoms with Crippen LogP contribution in [-0.2, 0) is 4.79 Å². The molecule has 8 nitrogen and oxygen atoms in total. The smallest absolute Gasteiger partial charge is 0.277 e. The fourth-order valence-corrected chi connectivity index (χ4v) is 3.10. The van der Waals surface area contributed by atoms with Gasteiger partial charge in [0.05, 0.1) is 16.2 Å². The summed E-state index contributed by atoms with van der Waals surface area (Å²) in [6.45, 7) is 3.49. The molecule has 0 radical (unpaired) electrons. The summed E-state index contributed by atoms with van der Waals surface area (Å²) in [4.78, 5) is 22.2. The Balaban J connectivity index is 1.57. The van der Waals surface area contributed by atoms with Gasteiger partial charge in [-0.25, -0.2) is 5.43 Å². The minimum Gasteiger partial charge on any atom is -0.484 e. The Labute approximate surface area is 187 Å². The molecule has 0 saturated carbocycles. The number of hydrogen-bond acceptors (Lipinski definition) is 6. The van der Waals surface area contributed by atoms with E-state index in [0.717, 1.165) is 11.1 Å². The minimum absolute atomic E-state index is 0.115. The van der Waals surface area contributed by atoms with Crippen molar-refractivity contribution in [1.82, 2.24) is 5.43 Å². The third kappa shape index (κ3) is 5.62. The molecule has 1 heterocycles. The summed E-state index contributed by atoms with van der Waals surface area (Å²) in [5, 5.41) is 15.5. The number of nitro groups is 1. The summed E-state index contributed by atoms with van der Waals surface area (Å²) in [7, 11) is 0. The molecule has 0 aliphatic carbocycles. The molecule has 0 spiro atoms. The van der Waals surface area contributed by atoms with Crippen LogP contribution >= 0.6 is 23.2 Å². The van der Waals surface area contributed by atoms with Gasteiger partial charge in [0.2, 0.25) is 0 Å². The van der Waals surface area contributed by atoms with Crippen LogP contribution in [0.25, 0.3) is 11.3 Å². The van der Waals surface area contributed by atoms with E-state index >= 15 is 0 Å². The van der Waals surface area contributed by atoms with Gasteiger partial charge in [-0.15, -0.1) is 0 Å². The van der Waals surface area contributed by atoms with Gasteiger partial charge >= 0.3 is 0 Å². The van der Waals surface area contributed by atoms with E-state index in [-0.39, 0.29) is 17.3 Å².